The lowest BCUT2D eigenvalue weighted by Crippen LogP contribution is -2.38. The molecule has 2 amide bonds. The van der Waals surface area contributed by atoms with Gasteiger partial charge in [-0.05, 0) is 54.8 Å². The zero-order valence-corrected chi connectivity index (χ0v) is 17.1. The molecule has 30 heavy (non-hydrogen) atoms. The van der Waals surface area contributed by atoms with E-state index < -0.39 is 5.82 Å². The first kappa shape index (κ1) is 19.8. The second-order valence-corrected chi connectivity index (χ2v) is 7.17. The van der Waals surface area contributed by atoms with Gasteiger partial charge in [-0.3, -0.25) is 0 Å². The number of fused-ring (bicyclic) bond motifs is 1. The summed E-state index contributed by atoms with van der Waals surface area (Å²) in [6, 6.07) is 8.19. The van der Waals surface area contributed by atoms with E-state index in [-0.39, 0.29) is 6.03 Å². The molecule has 7 nitrogen and oxygen atoms in total. The molecule has 1 aliphatic heterocycles. The first-order valence-corrected chi connectivity index (χ1v) is 9.58. The van der Waals surface area contributed by atoms with Crippen molar-refractivity contribution in [3.63, 3.8) is 0 Å². The summed E-state index contributed by atoms with van der Waals surface area (Å²) < 4.78 is 26.9. The van der Waals surface area contributed by atoms with Gasteiger partial charge in [-0.1, -0.05) is 0 Å². The molecule has 0 aliphatic carbocycles. The predicted molar refractivity (Wildman–Crippen MR) is 111 cm³/mol. The van der Waals surface area contributed by atoms with Crippen LogP contribution in [0.4, 0.5) is 14.9 Å². The molecule has 0 saturated carbocycles. The van der Waals surface area contributed by atoms with E-state index in [1.54, 1.807) is 48.3 Å². The highest BCUT2D eigenvalue weighted by atomic mass is 19.1. The van der Waals surface area contributed by atoms with Crippen LogP contribution in [0.15, 0.2) is 42.9 Å². The van der Waals surface area contributed by atoms with Gasteiger partial charge in [-0.15, -0.1) is 0 Å². The van der Waals surface area contributed by atoms with Crippen LogP contribution in [-0.2, 0) is 13.0 Å². The minimum atomic E-state index is -0.439. The van der Waals surface area contributed by atoms with Crippen molar-refractivity contribution in [1.82, 2.24) is 14.5 Å². The number of halogens is 1. The third-order valence-electron chi connectivity index (χ3n) is 5.19. The number of carbonyl (C=O) groups excluding carboxylic acids is 1. The van der Waals surface area contributed by atoms with Crippen molar-refractivity contribution in [2.45, 2.75) is 19.9 Å². The molecule has 0 fully saturated rings. The van der Waals surface area contributed by atoms with E-state index >= 15 is 0 Å². The number of ether oxygens (including phenoxy) is 2. The number of rotatable bonds is 4. The average Bonchev–Trinajstić information content (AvgIpc) is 3.18. The number of anilines is 1. The van der Waals surface area contributed by atoms with Gasteiger partial charge in [-0.25, -0.2) is 14.2 Å². The third kappa shape index (κ3) is 3.80. The number of benzene rings is 2. The molecule has 2 aromatic carbocycles. The van der Waals surface area contributed by atoms with Gasteiger partial charge in [0, 0.05) is 25.0 Å². The molecule has 0 spiro atoms. The van der Waals surface area contributed by atoms with Crippen LogP contribution in [-0.4, -0.2) is 41.2 Å². The van der Waals surface area contributed by atoms with Crippen LogP contribution in [0.2, 0.25) is 0 Å². The molecular formula is C22H23FN4O3. The van der Waals surface area contributed by atoms with Gasteiger partial charge in [0.15, 0.2) is 11.5 Å². The topological polar surface area (TPSA) is 68.6 Å². The first-order chi connectivity index (χ1) is 14.5. The molecular weight excluding hydrogens is 387 g/mol. The van der Waals surface area contributed by atoms with Crippen LogP contribution in [0.5, 0.6) is 11.5 Å². The highest BCUT2D eigenvalue weighted by Crippen LogP contribution is 2.33. The second kappa shape index (κ2) is 8.06. The summed E-state index contributed by atoms with van der Waals surface area (Å²) in [7, 11) is 3.19. The van der Waals surface area contributed by atoms with Crippen LogP contribution < -0.4 is 14.8 Å². The Bertz CT molecular complexity index is 1100. The van der Waals surface area contributed by atoms with Crippen LogP contribution in [0.3, 0.4) is 0 Å². The van der Waals surface area contributed by atoms with Crippen molar-refractivity contribution in [3.8, 4) is 17.2 Å². The maximum absolute atomic E-state index is 14.6. The van der Waals surface area contributed by atoms with Gasteiger partial charge in [-0.2, -0.15) is 0 Å². The molecule has 2 heterocycles. The highest BCUT2D eigenvalue weighted by Gasteiger charge is 2.23. The summed E-state index contributed by atoms with van der Waals surface area (Å²) in [6.45, 7) is 2.84. The van der Waals surface area contributed by atoms with Crippen LogP contribution in [0.1, 0.15) is 16.8 Å². The Balaban J connectivity index is 1.48. The number of carbonyl (C=O) groups is 1. The molecule has 0 atom stereocenters. The Morgan fingerprint density at radius 3 is 2.50 bits per heavy atom. The van der Waals surface area contributed by atoms with E-state index in [9.17, 15) is 9.18 Å². The molecule has 1 N–H and O–H groups in total. The number of aromatic nitrogens is 2. The summed E-state index contributed by atoms with van der Waals surface area (Å²) in [5.41, 5.74) is 3.71. The van der Waals surface area contributed by atoms with Gasteiger partial charge in [0.25, 0.3) is 0 Å². The van der Waals surface area contributed by atoms with E-state index in [4.69, 9.17) is 9.47 Å². The van der Waals surface area contributed by atoms with Gasteiger partial charge in [0.05, 0.1) is 31.9 Å². The standard InChI is InChI=1S/C22H23FN4O3/c1-14-11-27(13-24-14)19-5-4-17(10-18(19)23)25-22(28)26-7-6-15-8-20(29-2)21(30-3)9-16(15)12-26/h4-5,8-11,13H,6-7,12H2,1-3H3,(H,25,28). The number of aryl methyl sites for hydroxylation is 1. The predicted octanol–water partition coefficient (Wildman–Crippen LogP) is 3.93. The van der Waals surface area contributed by atoms with E-state index in [0.717, 1.165) is 16.8 Å². The fourth-order valence-electron chi connectivity index (χ4n) is 3.61. The number of hydrogen-bond acceptors (Lipinski definition) is 4. The van der Waals surface area contributed by atoms with Gasteiger partial charge in [0.1, 0.15) is 5.82 Å². The van der Waals surface area contributed by atoms with E-state index in [2.05, 4.69) is 10.3 Å². The van der Waals surface area contributed by atoms with Gasteiger partial charge < -0.3 is 24.3 Å². The molecule has 156 valence electrons. The monoisotopic (exact) mass is 410 g/mol. The fourth-order valence-corrected chi connectivity index (χ4v) is 3.61. The summed E-state index contributed by atoms with van der Waals surface area (Å²) in [6.07, 6.45) is 4.00. The van der Waals surface area contributed by atoms with Crippen molar-refractivity contribution in [2.24, 2.45) is 0 Å². The first-order valence-electron chi connectivity index (χ1n) is 9.58. The SMILES string of the molecule is COc1cc2c(cc1OC)CN(C(=O)Nc1ccc(-n3cnc(C)c3)c(F)c1)CC2. The molecule has 3 aromatic rings. The summed E-state index contributed by atoms with van der Waals surface area (Å²) >= 11 is 0. The molecule has 0 bridgehead atoms. The molecule has 1 aromatic heterocycles. The Morgan fingerprint density at radius 2 is 1.87 bits per heavy atom. The minimum Gasteiger partial charge on any atom is -0.493 e. The summed E-state index contributed by atoms with van der Waals surface area (Å²) in [5, 5.41) is 2.78. The fraction of sp³-hybridized carbons (Fsp3) is 0.273. The number of amides is 2. The molecule has 0 saturated heterocycles. The zero-order chi connectivity index (χ0) is 21.3. The zero-order valence-electron chi connectivity index (χ0n) is 17.1. The van der Waals surface area contributed by atoms with Gasteiger partial charge in [0.2, 0.25) is 0 Å². The van der Waals surface area contributed by atoms with E-state index in [0.29, 0.717) is 42.4 Å². The average molecular weight is 410 g/mol. The lowest BCUT2D eigenvalue weighted by Gasteiger charge is -2.29. The van der Waals surface area contributed by atoms with E-state index in [1.165, 1.54) is 6.07 Å². The van der Waals surface area contributed by atoms with Crippen molar-refractivity contribution in [2.75, 3.05) is 26.1 Å². The number of nitrogens with zero attached hydrogens (tertiary/aromatic N) is 3. The molecule has 0 unspecified atom stereocenters. The highest BCUT2D eigenvalue weighted by molar-refractivity contribution is 5.89. The third-order valence-corrected chi connectivity index (χ3v) is 5.19. The molecule has 4 rings (SSSR count). The molecule has 0 radical (unpaired) electrons. The molecule has 1 aliphatic rings. The van der Waals surface area contributed by atoms with Crippen LogP contribution in [0, 0.1) is 12.7 Å². The summed E-state index contributed by atoms with van der Waals surface area (Å²) in [4.78, 5) is 18.6. The number of hydrogen-bond donors (Lipinski definition) is 1. The maximum Gasteiger partial charge on any atom is 0.322 e. The Kier molecular flexibility index (Phi) is 5.31. The van der Waals surface area contributed by atoms with Crippen molar-refractivity contribution >= 4 is 11.7 Å². The Labute approximate surface area is 174 Å². The second-order valence-electron chi connectivity index (χ2n) is 7.17. The minimum absolute atomic E-state index is 0.277. The lowest BCUT2D eigenvalue weighted by molar-refractivity contribution is 0.206. The number of urea groups is 1. The van der Waals surface area contributed by atoms with Crippen molar-refractivity contribution in [3.05, 3.63) is 65.5 Å². The maximum atomic E-state index is 14.6. The van der Waals surface area contributed by atoms with Crippen molar-refractivity contribution in [1.29, 1.82) is 0 Å². The van der Waals surface area contributed by atoms with Crippen LogP contribution >= 0.6 is 0 Å². The smallest absolute Gasteiger partial charge is 0.322 e. The quantitative estimate of drug-likeness (QED) is 0.708. The van der Waals surface area contributed by atoms with Crippen molar-refractivity contribution < 1.29 is 18.7 Å². The largest absolute Gasteiger partial charge is 0.493 e. The van der Waals surface area contributed by atoms with Gasteiger partial charge >= 0.3 is 6.03 Å². The lowest BCUT2D eigenvalue weighted by atomic mass is 9.99. The van der Waals surface area contributed by atoms with Crippen LogP contribution in [0.25, 0.3) is 5.69 Å². The summed E-state index contributed by atoms with van der Waals surface area (Å²) in [5.74, 6) is 0.870. The Hall–Kier alpha value is -3.55. The number of methoxy groups -OCH3 is 2. The Morgan fingerprint density at radius 1 is 1.13 bits per heavy atom. The normalized spacial score (nSPS) is 13.0. The molecule has 8 heteroatoms. The number of imidazole rings is 1. The van der Waals surface area contributed by atoms with E-state index in [1.807, 2.05) is 19.1 Å². The number of nitrogens with one attached hydrogen (secondary N) is 1.